The minimum absolute atomic E-state index is 0.277. The van der Waals surface area contributed by atoms with E-state index in [-0.39, 0.29) is 5.95 Å². The zero-order valence-corrected chi connectivity index (χ0v) is 12.2. The van der Waals surface area contributed by atoms with Crippen LogP contribution in [0.1, 0.15) is 25.7 Å². The van der Waals surface area contributed by atoms with E-state index in [2.05, 4.69) is 15.3 Å². The highest BCUT2D eigenvalue weighted by molar-refractivity contribution is 5.70. The third-order valence-corrected chi connectivity index (χ3v) is 3.83. The second kappa shape index (κ2) is 5.99. The van der Waals surface area contributed by atoms with Crippen molar-refractivity contribution in [1.82, 2.24) is 9.97 Å². The summed E-state index contributed by atoms with van der Waals surface area (Å²) in [4.78, 5) is 8.63. The highest BCUT2D eigenvalue weighted by Gasteiger charge is 2.16. The summed E-state index contributed by atoms with van der Waals surface area (Å²) in [6, 6.07) is 10.2. The number of ether oxygens (including phenoxy) is 1. The van der Waals surface area contributed by atoms with Gasteiger partial charge in [0.1, 0.15) is 11.6 Å². The topological polar surface area (TPSA) is 73.1 Å². The molecule has 0 unspecified atom stereocenters. The van der Waals surface area contributed by atoms with E-state index in [1.54, 1.807) is 7.11 Å². The molecule has 2 aromatic rings. The number of aromatic nitrogens is 2. The van der Waals surface area contributed by atoms with Gasteiger partial charge in [0.15, 0.2) is 0 Å². The number of nitrogens with zero attached hydrogens (tertiary/aromatic N) is 2. The number of hydrogen-bond donors (Lipinski definition) is 2. The first-order valence-electron chi connectivity index (χ1n) is 7.31. The molecular formula is C16H20N4O. The number of benzene rings is 1. The first-order valence-corrected chi connectivity index (χ1v) is 7.31. The van der Waals surface area contributed by atoms with Crippen molar-refractivity contribution in [1.29, 1.82) is 0 Å². The fourth-order valence-electron chi connectivity index (χ4n) is 2.81. The van der Waals surface area contributed by atoms with Gasteiger partial charge in [-0.2, -0.15) is 4.98 Å². The van der Waals surface area contributed by atoms with Crippen LogP contribution in [0, 0.1) is 0 Å². The van der Waals surface area contributed by atoms with Crippen molar-refractivity contribution in [2.45, 2.75) is 31.7 Å². The van der Waals surface area contributed by atoms with E-state index in [0.717, 1.165) is 22.8 Å². The highest BCUT2D eigenvalue weighted by atomic mass is 16.5. The number of anilines is 2. The molecule has 3 N–H and O–H groups in total. The van der Waals surface area contributed by atoms with Gasteiger partial charge in [0, 0.05) is 17.7 Å². The van der Waals surface area contributed by atoms with Crippen LogP contribution in [0.4, 0.5) is 11.8 Å². The lowest BCUT2D eigenvalue weighted by Gasteiger charge is -2.14. The average molecular weight is 284 g/mol. The monoisotopic (exact) mass is 284 g/mol. The Morgan fingerprint density at radius 3 is 2.71 bits per heavy atom. The molecule has 110 valence electrons. The summed E-state index contributed by atoms with van der Waals surface area (Å²) in [7, 11) is 1.65. The van der Waals surface area contributed by atoms with Crippen molar-refractivity contribution in [3.05, 3.63) is 30.3 Å². The summed E-state index contributed by atoms with van der Waals surface area (Å²) in [6.07, 6.45) is 4.93. The van der Waals surface area contributed by atoms with Crippen LogP contribution >= 0.6 is 0 Å². The van der Waals surface area contributed by atoms with Crippen molar-refractivity contribution < 1.29 is 4.74 Å². The molecule has 0 aliphatic heterocycles. The lowest BCUT2D eigenvalue weighted by molar-refractivity contribution is 0.416. The standard InChI is InChI=1S/C16H20N4O/c1-21-14-9-5-4-8-12(14)13-10-15(20-16(17)19-13)18-11-6-2-3-7-11/h4-5,8-11H,2-3,6-7H2,1H3,(H3,17,18,19,20). The minimum Gasteiger partial charge on any atom is -0.496 e. The smallest absolute Gasteiger partial charge is 0.222 e. The molecule has 1 aromatic carbocycles. The second-order valence-electron chi connectivity index (χ2n) is 5.32. The highest BCUT2D eigenvalue weighted by Crippen LogP contribution is 2.30. The van der Waals surface area contributed by atoms with E-state index in [1.807, 2.05) is 30.3 Å². The molecule has 0 atom stereocenters. The van der Waals surface area contributed by atoms with E-state index < -0.39 is 0 Å². The van der Waals surface area contributed by atoms with Gasteiger partial charge in [-0.05, 0) is 25.0 Å². The van der Waals surface area contributed by atoms with Gasteiger partial charge in [-0.25, -0.2) is 4.98 Å². The van der Waals surface area contributed by atoms with Gasteiger partial charge >= 0.3 is 0 Å². The first kappa shape index (κ1) is 13.7. The Morgan fingerprint density at radius 2 is 1.95 bits per heavy atom. The molecule has 5 nitrogen and oxygen atoms in total. The third kappa shape index (κ3) is 3.07. The number of hydrogen-bond acceptors (Lipinski definition) is 5. The van der Waals surface area contributed by atoms with Gasteiger partial charge in [0.05, 0.1) is 12.8 Å². The number of methoxy groups -OCH3 is 1. The molecule has 5 heteroatoms. The van der Waals surface area contributed by atoms with Crippen molar-refractivity contribution in [2.24, 2.45) is 0 Å². The molecule has 1 saturated carbocycles. The van der Waals surface area contributed by atoms with Crippen LogP contribution in [-0.2, 0) is 0 Å². The Labute approximate surface area is 124 Å². The van der Waals surface area contributed by atoms with Gasteiger partial charge in [-0.1, -0.05) is 25.0 Å². The number of rotatable bonds is 4. The Kier molecular flexibility index (Phi) is 3.90. The van der Waals surface area contributed by atoms with Crippen LogP contribution in [-0.4, -0.2) is 23.1 Å². The fraction of sp³-hybridized carbons (Fsp3) is 0.375. The predicted molar refractivity (Wildman–Crippen MR) is 84.3 cm³/mol. The summed E-state index contributed by atoms with van der Waals surface area (Å²) in [5.74, 6) is 1.84. The molecular weight excluding hydrogens is 264 g/mol. The Bertz CT molecular complexity index is 623. The quantitative estimate of drug-likeness (QED) is 0.902. The fourth-order valence-corrected chi connectivity index (χ4v) is 2.81. The lowest BCUT2D eigenvalue weighted by Crippen LogP contribution is -2.16. The van der Waals surface area contributed by atoms with Crippen LogP contribution in [0.3, 0.4) is 0 Å². The summed E-state index contributed by atoms with van der Waals surface area (Å²) < 4.78 is 5.39. The Morgan fingerprint density at radius 1 is 1.19 bits per heavy atom. The molecule has 3 rings (SSSR count). The average Bonchev–Trinajstić information content (AvgIpc) is 2.99. The molecule has 1 fully saturated rings. The Balaban J connectivity index is 1.93. The first-order chi connectivity index (χ1) is 10.3. The maximum absolute atomic E-state index is 5.86. The lowest BCUT2D eigenvalue weighted by atomic mass is 10.1. The largest absolute Gasteiger partial charge is 0.496 e. The number of nitrogens with one attached hydrogen (secondary N) is 1. The van der Waals surface area contributed by atoms with E-state index in [9.17, 15) is 0 Å². The molecule has 1 heterocycles. The normalized spacial score (nSPS) is 15.1. The van der Waals surface area contributed by atoms with Crippen LogP contribution in [0.2, 0.25) is 0 Å². The summed E-state index contributed by atoms with van der Waals surface area (Å²) in [5, 5.41) is 3.46. The minimum atomic E-state index is 0.277. The number of para-hydroxylation sites is 1. The molecule has 0 amide bonds. The van der Waals surface area contributed by atoms with Crippen LogP contribution in [0.5, 0.6) is 5.75 Å². The zero-order chi connectivity index (χ0) is 14.7. The van der Waals surface area contributed by atoms with Crippen LogP contribution in [0.15, 0.2) is 30.3 Å². The molecule has 0 bridgehead atoms. The van der Waals surface area contributed by atoms with Crippen molar-refractivity contribution in [3.8, 4) is 17.0 Å². The molecule has 0 spiro atoms. The second-order valence-corrected chi connectivity index (χ2v) is 5.32. The van der Waals surface area contributed by atoms with Crippen LogP contribution in [0.25, 0.3) is 11.3 Å². The molecule has 0 saturated heterocycles. The van der Waals surface area contributed by atoms with E-state index >= 15 is 0 Å². The molecule has 1 aromatic heterocycles. The third-order valence-electron chi connectivity index (χ3n) is 3.83. The summed E-state index contributed by atoms with van der Waals surface area (Å²) in [5.41, 5.74) is 7.56. The van der Waals surface area contributed by atoms with E-state index in [1.165, 1.54) is 25.7 Å². The SMILES string of the molecule is COc1ccccc1-c1cc(NC2CCCC2)nc(N)n1. The maximum atomic E-state index is 5.86. The van der Waals surface area contributed by atoms with Crippen molar-refractivity contribution >= 4 is 11.8 Å². The Hall–Kier alpha value is -2.30. The predicted octanol–water partition coefficient (Wildman–Crippen LogP) is 3.09. The summed E-state index contributed by atoms with van der Waals surface area (Å²) >= 11 is 0. The van der Waals surface area contributed by atoms with E-state index in [4.69, 9.17) is 10.5 Å². The van der Waals surface area contributed by atoms with Gasteiger partial charge in [0.2, 0.25) is 5.95 Å². The summed E-state index contributed by atoms with van der Waals surface area (Å²) in [6.45, 7) is 0. The zero-order valence-electron chi connectivity index (χ0n) is 12.2. The van der Waals surface area contributed by atoms with Crippen LogP contribution < -0.4 is 15.8 Å². The van der Waals surface area contributed by atoms with E-state index in [0.29, 0.717) is 6.04 Å². The molecule has 21 heavy (non-hydrogen) atoms. The maximum Gasteiger partial charge on any atom is 0.222 e. The molecule has 0 radical (unpaired) electrons. The molecule has 1 aliphatic carbocycles. The van der Waals surface area contributed by atoms with Gasteiger partial charge in [-0.3, -0.25) is 0 Å². The number of nitrogens with two attached hydrogens (primary N) is 1. The van der Waals surface area contributed by atoms with Gasteiger partial charge in [0.25, 0.3) is 0 Å². The van der Waals surface area contributed by atoms with Crippen molar-refractivity contribution in [2.75, 3.05) is 18.2 Å². The van der Waals surface area contributed by atoms with Gasteiger partial charge in [-0.15, -0.1) is 0 Å². The van der Waals surface area contributed by atoms with Gasteiger partial charge < -0.3 is 15.8 Å². The number of nitrogen functional groups attached to an aromatic ring is 1. The molecule has 1 aliphatic rings. The van der Waals surface area contributed by atoms with Crippen molar-refractivity contribution in [3.63, 3.8) is 0 Å².